The van der Waals surface area contributed by atoms with E-state index in [0.717, 1.165) is 13.1 Å². The van der Waals surface area contributed by atoms with Gasteiger partial charge in [0, 0.05) is 66.7 Å². The van der Waals surface area contributed by atoms with Crippen LogP contribution in [0.5, 0.6) is 5.75 Å². The highest BCUT2D eigenvalue weighted by Gasteiger charge is 2.54. The van der Waals surface area contributed by atoms with Crippen LogP contribution in [0.15, 0.2) is 88.0 Å². The van der Waals surface area contributed by atoms with E-state index in [4.69, 9.17) is 29.8 Å². The van der Waals surface area contributed by atoms with E-state index >= 15 is 0 Å². The highest BCUT2D eigenvalue weighted by atomic mass is 16.5. The van der Waals surface area contributed by atoms with Gasteiger partial charge >= 0.3 is 0 Å². The Balaban J connectivity index is 1.58. The summed E-state index contributed by atoms with van der Waals surface area (Å²) in [5.41, 5.74) is 19.8. The molecule has 0 spiro atoms. The lowest BCUT2D eigenvalue weighted by atomic mass is 9.80. The molecule has 1 amide bonds. The van der Waals surface area contributed by atoms with E-state index in [0.29, 0.717) is 73.0 Å². The minimum absolute atomic E-state index is 0.0324. The lowest BCUT2D eigenvalue weighted by molar-refractivity contribution is -0.129. The summed E-state index contributed by atoms with van der Waals surface area (Å²) >= 11 is 0. The van der Waals surface area contributed by atoms with Gasteiger partial charge in [0.25, 0.3) is 5.91 Å². The predicted octanol–water partition coefficient (Wildman–Crippen LogP) is 5.15. The monoisotopic (exact) mass is 639 g/mol. The number of carbonyl (C=O) groups is 1. The van der Waals surface area contributed by atoms with Gasteiger partial charge < -0.3 is 24.6 Å². The third-order valence-electron chi connectivity index (χ3n) is 8.09. The highest BCUT2D eigenvalue weighted by molar-refractivity contribution is 6.01. The fourth-order valence-corrected chi connectivity index (χ4v) is 5.70. The minimum Gasteiger partial charge on any atom is -0.494 e. The molecule has 1 saturated heterocycles. The maximum absolute atomic E-state index is 14.6. The average Bonchev–Trinajstić information content (AvgIpc) is 3.49. The quantitative estimate of drug-likeness (QED) is 0.100. The normalized spacial score (nSPS) is 19.1. The first-order valence-corrected chi connectivity index (χ1v) is 15.5. The average molecular weight is 640 g/mol. The number of nitrogens with zero attached hydrogens (tertiary/aromatic N) is 8. The first-order chi connectivity index (χ1) is 23.1. The molecule has 5 rings (SSSR count). The molecule has 0 bridgehead atoms. The zero-order valence-corrected chi connectivity index (χ0v) is 25.9. The van der Waals surface area contributed by atoms with Crippen LogP contribution in [0.3, 0.4) is 0 Å². The Morgan fingerprint density at radius 3 is 2.53 bits per heavy atom. The van der Waals surface area contributed by atoms with Gasteiger partial charge in [-0.2, -0.15) is 0 Å². The molecular weight excluding hydrogens is 602 g/mol. The van der Waals surface area contributed by atoms with Crippen LogP contribution >= 0.6 is 0 Å². The number of aliphatic imine (C=N–C) groups is 1. The second-order valence-corrected chi connectivity index (χ2v) is 11.1. The zero-order valence-electron chi connectivity index (χ0n) is 25.9. The molecule has 3 aromatic rings. The molecule has 2 atom stereocenters. The van der Waals surface area contributed by atoms with Gasteiger partial charge in [0.2, 0.25) is 5.90 Å². The summed E-state index contributed by atoms with van der Waals surface area (Å²) in [4.78, 5) is 27.8. The van der Waals surface area contributed by atoms with Crippen LogP contribution in [0.2, 0.25) is 0 Å². The number of hydrogen-bond donors (Lipinski definition) is 2. The van der Waals surface area contributed by atoms with Crippen molar-refractivity contribution in [3.63, 3.8) is 0 Å². The van der Waals surface area contributed by atoms with Crippen LogP contribution in [0.1, 0.15) is 34.8 Å². The number of aliphatic hydroxyl groups is 1. The van der Waals surface area contributed by atoms with Crippen molar-refractivity contribution in [1.82, 2.24) is 10.2 Å². The third kappa shape index (κ3) is 8.20. The van der Waals surface area contributed by atoms with Crippen LogP contribution in [0.4, 0.5) is 5.69 Å². The van der Waals surface area contributed by atoms with Crippen molar-refractivity contribution in [2.45, 2.75) is 31.0 Å². The Morgan fingerprint density at radius 1 is 1.04 bits per heavy atom. The Morgan fingerprint density at radius 2 is 1.79 bits per heavy atom. The van der Waals surface area contributed by atoms with Crippen LogP contribution in [0.25, 0.3) is 20.9 Å². The molecule has 0 aromatic heterocycles. The maximum atomic E-state index is 14.6. The van der Waals surface area contributed by atoms with Crippen LogP contribution < -0.4 is 10.1 Å². The van der Waals surface area contributed by atoms with Gasteiger partial charge in [-0.1, -0.05) is 58.8 Å². The zero-order chi connectivity index (χ0) is 32.9. The Bertz CT molecular complexity index is 1650. The molecule has 2 heterocycles. The van der Waals surface area contributed by atoms with E-state index in [2.05, 4.69) is 30.3 Å². The van der Waals surface area contributed by atoms with Gasteiger partial charge in [-0.3, -0.25) is 9.69 Å². The molecular formula is C33H37N9O5. The van der Waals surface area contributed by atoms with Gasteiger partial charge in [-0.25, -0.2) is 4.99 Å². The smallest absolute Gasteiger partial charge is 0.252 e. The molecule has 14 nitrogen and oxygen atoms in total. The molecule has 14 heteroatoms. The maximum Gasteiger partial charge on any atom is 0.252 e. The molecule has 0 radical (unpaired) electrons. The number of morpholine rings is 1. The minimum atomic E-state index is -1.54. The number of aliphatic hydroxyl groups excluding tert-OH is 1. The van der Waals surface area contributed by atoms with Crippen molar-refractivity contribution < 1.29 is 24.1 Å². The molecule has 1 fully saturated rings. The first-order valence-electron chi connectivity index (χ1n) is 15.5. The topological polar surface area (TPSA) is 190 Å². The summed E-state index contributed by atoms with van der Waals surface area (Å²) < 4.78 is 17.8. The van der Waals surface area contributed by atoms with Crippen molar-refractivity contribution in [2.75, 3.05) is 52.6 Å². The summed E-state index contributed by atoms with van der Waals surface area (Å²) in [7, 11) is 0. The van der Waals surface area contributed by atoms with E-state index in [9.17, 15) is 10.3 Å². The van der Waals surface area contributed by atoms with E-state index in [1.165, 1.54) is 0 Å². The summed E-state index contributed by atoms with van der Waals surface area (Å²) in [6, 6.07) is 21.6. The second kappa shape index (κ2) is 16.5. The predicted molar refractivity (Wildman–Crippen MR) is 175 cm³/mol. The SMILES string of the molecule is [N-]=[N+]=NCc1ccccc1[C@@H]1OC(c2ccc(OCCCO)cc2)=N[C@]1(Cc1ccccc1N=[N+]=[N-])C(=O)NCCN1CCOCC1. The molecule has 2 aliphatic heterocycles. The summed E-state index contributed by atoms with van der Waals surface area (Å²) in [6.45, 7) is 4.30. The molecule has 47 heavy (non-hydrogen) atoms. The van der Waals surface area contributed by atoms with Gasteiger partial charge in [0.15, 0.2) is 11.6 Å². The first kappa shape index (κ1) is 33.3. The molecule has 244 valence electrons. The van der Waals surface area contributed by atoms with Gasteiger partial charge in [-0.05, 0) is 52.0 Å². The highest BCUT2D eigenvalue weighted by Crippen LogP contribution is 2.44. The molecule has 0 saturated carbocycles. The number of nitrogens with one attached hydrogen (secondary N) is 1. The van der Waals surface area contributed by atoms with Crippen molar-refractivity contribution in [3.8, 4) is 5.75 Å². The Hall–Kier alpha value is -5.10. The standard InChI is InChI=1S/C33H37N9O5/c34-40-37-23-26-7-1-3-8-28(26)30-33(22-25-6-2-4-9-29(25)39-41-35,32(44)36-14-15-42-16-20-45-21-17-42)38-31(47-30)24-10-12-27(13-11-24)46-19-5-18-43/h1-4,6-13,30,43H,5,14-23H2,(H,36,44)/t30-,33-/m0/s1. The van der Waals surface area contributed by atoms with Crippen molar-refractivity contribution in [1.29, 1.82) is 0 Å². The molecule has 2 aliphatic rings. The van der Waals surface area contributed by atoms with Crippen molar-refractivity contribution >= 4 is 17.5 Å². The van der Waals surface area contributed by atoms with Crippen molar-refractivity contribution in [2.24, 2.45) is 15.2 Å². The molecule has 0 unspecified atom stereocenters. The number of hydrogen-bond acceptors (Lipinski definition) is 9. The summed E-state index contributed by atoms with van der Waals surface area (Å²) in [6.07, 6.45) is -0.363. The molecule has 0 aliphatic carbocycles. The summed E-state index contributed by atoms with van der Waals surface area (Å²) in [5.74, 6) is 0.511. The second-order valence-electron chi connectivity index (χ2n) is 11.1. The van der Waals surface area contributed by atoms with Crippen LogP contribution in [0, 0.1) is 0 Å². The number of rotatable bonds is 15. The third-order valence-corrected chi connectivity index (χ3v) is 8.09. The number of carbonyl (C=O) groups excluding carboxylic acids is 1. The van der Waals surface area contributed by atoms with Crippen LogP contribution in [-0.4, -0.2) is 80.0 Å². The van der Waals surface area contributed by atoms with E-state index in [-0.39, 0.29) is 31.4 Å². The molecule has 3 aromatic carbocycles. The number of benzene rings is 3. The molecule has 2 N–H and O–H groups in total. The van der Waals surface area contributed by atoms with E-state index in [1.54, 1.807) is 36.4 Å². The largest absolute Gasteiger partial charge is 0.494 e. The van der Waals surface area contributed by atoms with Gasteiger partial charge in [0.05, 0.1) is 26.4 Å². The fourth-order valence-electron chi connectivity index (χ4n) is 5.70. The van der Waals surface area contributed by atoms with Crippen LogP contribution in [-0.2, 0) is 27.2 Å². The number of ether oxygens (including phenoxy) is 3. The Labute approximate surface area is 272 Å². The van der Waals surface area contributed by atoms with Gasteiger partial charge in [-0.15, -0.1) is 0 Å². The Kier molecular flexibility index (Phi) is 11.6. The summed E-state index contributed by atoms with van der Waals surface area (Å²) in [5, 5.41) is 19.9. The van der Waals surface area contributed by atoms with E-state index in [1.807, 2.05) is 36.4 Å². The van der Waals surface area contributed by atoms with E-state index < -0.39 is 11.6 Å². The fraction of sp³-hybridized carbons (Fsp3) is 0.394. The number of amides is 1. The van der Waals surface area contributed by atoms with Gasteiger partial charge in [0.1, 0.15) is 5.75 Å². The lowest BCUT2D eigenvalue weighted by Gasteiger charge is -2.33. The lowest BCUT2D eigenvalue weighted by Crippen LogP contribution is -2.52. The van der Waals surface area contributed by atoms with Crippen molar-refractivity contribution in [3.05, 3.63) is 116 Å². The number of azide groups is 2.